The van der Waals surface area contributed by atoms with Crippen molar-refractivity contribution in [2.45, 2.75) is 19.9 Å². The molecule has 1 aromatic carbocycles. The van der Waals surface area contributed by atoms with Gasteiger partial charge in [-0.15, -0.1) is 0 Å². The van der Waals surface area contributed by atoms with E-state index in [-0.39, 0.29) is 5.92 Å². The third-order valence-electron chi connectivity index (χ3n) is 2.80. The zero-order valence-corrected chi connectivity index (χ0v) is 12.3. The molecule has 3 N–H and O–H groups in total. The number of ether oxygens (including phenoxy) is 1. The van der Waals surface area contributed by atoms with Gasteiger partial charge >= 0.3 is 12.0 Å². The lowest BCUT2D eigenvalue weighted by Gasteiger charge is -2.17. The zero-order valence-electron chi connectivity index (χ0n) is 12.3. The molecule has 1 aromatic rings. The quantitative estimate of drug-likeness (QED) is 0.749. The molecule has 1 unspecified atom stereocenters. The first-order chi connectivity index (χ1) is 9.93. The van der Waals surface area contributed by atoms with Crippen LogP contribution >= 0.6 is 0 Å². The number of carboxylic acids is 1. The lowest BCUT2D eigenvalue weighted by atomic mass is 10.1. The van der Waals surface area contributed by atoms with Gasteiger partial charge in [0, 0.05) is 6.20 Å². The van der Waals surface area contributed by atoms with Crippen molar-refractivity contribution in [2.75, 3.05) is 7.11 Å². The summed E-state index contributed by atoms with van der Waals surface area (Å²) in [4.78, 5) is 22.6. The highest BCUT2D eigenvalue weighted by Crippen LogP contribution is 2.13. The van der Waals surface area contributed by atoms with Gasteiger partial charge in [0.05, 0.1) is 7.11 Å². The molecule has 0 aliphatic heterocycles. The van der Waals surface area contributed by atoms with Crippen LogP contribution in [0, 0.1) is 5.92 Å². The molecule has 21 heavy (non-hydrogen) atoms. The van der Waals surface area contributed by atoms with Gasteiger partial charge < -0.3 is 20.5 Å². The molecule has 0 bridgehead atoms. The molecular weight excluding hydrogens is 272 g/mol. The molecule has 0 fully saturated rings. The molecule has 6 heteroatoms. The predicted octanol–water partition coefficient (Wildman–Crippen LogP) is 2.07. The van der Waals surface area contributed by atoms with Gasteiger partial charge in [-0.2, -0.15) is 0 Å². The normalized spacial score (nSPS) is 12.2. The molecule has 114 valence electrons. The van der Waals surface area contributed by atoms with Crippen LogP contribution in [0.3, 0.4) is 0 Å². The summed E-state index contributed by atoms with van der Waals surface area (Å²) in [5.41, 5.74) is 0.855. The Morgan fingerprint density at radius 2 is 2.05 bits per heavy atom. The van der Waals surface area contributed by atoms with E-state index < -0.39 is 18.0 Å². The third kappa shape index (κ3) is 5.56. The maximum absolute atomic E-state index is 11.6. The van der Waals surface area contributed by atoms with E-state index in [1.807, 2.05) is 24.3 Å². The van der Waals surface area contributed by atoms with Gasteiger partial charge in [-0.05, 0) is 29.7 Å². The molecule has 0 aliphatic rings. The van der Waals surface area contributed by atoms with Crippen LogP contribution in [-0.4, -0.2) is 30.3 Å². The highest BCUT2D eigenvalue weighted by Gasteiger charge is 2.22. The minimum absolute atomic E-state index is 0.199. The highest BCUT2D eigenvalue weighted by molar-refractivity contribution is 5.83. The van der Waals surface area contributed by atoms with Crippen LogP contribution in [0.25, 0.3) is 6.08 Å². The molecule has 1 rings (SSSR count). The Morgan fingerprint density at radius 3 is 2.62 bits per heavy atom. The number of hydrogen-bond donors (Lipinski definition) is 3. The molecule has 1 atom stereocenters. The number of urea groups is 1. The number of benzene rings is 1. The average Bonchev–Trinajstić information content (AvgIpc) is 2.44. The highest BCUT2D eigenvalue weighted by atomic mass is 16.5. The lowest BCUT2D eigenvalue weighted by Crippen LogP contribution is -2.47. The Labute approximate surface area is 123 Å². The second-order valence-corrected chi connectivity index (χ2v) is 4.79. The average molecular weight is 292 g/mol. The standard InChI is InChI=1S/C15H20N2O4/c1-10(2)13(14(18)19)17-15(20)16-8-7-11-5-4-6-12(9-11)21-3/h4-10,13H,1-3H3,(H,18,19)(H2,16,17,20)/b8-7+. The number of hydrogen-bond acceptors (Lipinski definition) is 3. The molecule has 6 nitrogen and oxygen atoms in total. The van der Waals surface area contributed by atoms with E-state index >= 15 is 0 Å². The molecular formula is C15H20N2O4. The van der Waals surface area contributed by atoms with Crippen LogP contribution in [0.4, 0.5) is 4.79 Å². The van der Waals surface area contributed by atoms with Crippen LogP contribution in [0.2, 0.25) is 0 Å². The summed E-state index contributed by atoms with van der Waals surface area (Å²) in [6.07, 6.45) is 3.14. The van der Waals surface area contributed by atoms with Gasteiger partial charge in [-0.3, -0.25) is 0 Å². The summed E-state index contributed by atoms with van der Waals surface area (Å²) in [6, 6.07) is 5.83. The molecule has 2 amide bonds. The fourth-order valence-electron chi connectivity index (χ4n) is 1.66. The van der Waals surface area contributed by atoms with Crippen molar-refractivity contribution in [3.63, 3.8) is 0 Å². The van der Waals surface area contributed by atoms with Crippen LogP contribution in [0.1, 0.15) is 19.4 Å². The van der Waals surface area contributed by atoms with Crippen LogP contribution < -0.4 is 15.4 Å². The number of carboxylic acid groups (broad SMARTS) is 1. The summed E-state index contributed by atoms with van der Waals surface area (Å²) >= 11 is 0. The fraction of sp³-hybridized carbons (Fsp3) is 0.333. The number of aliphatic carboxylic acids is 1. The maximum Gasteiger partial charge on any atom is 0.326 e. The summed E-state index contributed by atoms with van der Waals surface area (Å²) in [5.74, 6) is -0.542. The smallest absolute Gasteiger partial charge is 0.326 e. The Balaban J connectivity index is 2.55. The Morgan fingerprint density at radius 1 is 1.33 bits per heavy atom. The first-order valence-corrected chi connectivity index (χ1v) is 6.54. The molecule has 0 aliphatic carbocycles. The van der Waals surface area contributed by atoms with Crippen molar-refractivity contribution in [1.29, 1.82) is 0 Å². The minimum atomic E-state index is -1.06. The van der Waals surface area contributed by atoms with Crippen LogP contribution in [0.15, 0.2) is 30.5 Å². The first kappa shape index (κ1) is 16.6. The topological polar surface area (TPSA) is 87.7 Å². The summed E-state index contributed by atoms with van der Waals surface area (Å²) in [7, 11) is 1.58. The number of carbonyl (C=O) groups is 2. The summed E-state index contributed by atoms with van der Waals surface area (Å²) in [5, 5.41) is 13.9. The van der Waals surface area contributed by atoms with Gasteiger partial charge in [0.15, 0.2) is 0 Å². The number of amides is 2. The molecule has 0 saturated carbocycles. The number of rotatable bonds is 6. The molecule has 0 spiro atoms. The van der Waals surface area contributed by atoms with Crippen molar-refractivity contribution < 1.29 is 19.4 Å². The van der Waals surface area contributed by atoms with Crippen molar-refractivity contribution >= 4 is 18.1 Å². The van der Waals surface area contributed by atoms with E-state index in [2.05, 4.69) is 10.6 Å². The Hall–Kier alpha value is -2.50. The van der Waals surface area contributed by atoms with E-state index in [1.54, 1.807) is 27.0 Å². The van der Waals surface area contributed by atoms with Crippen molar-refractivity contribution in [3.8, 4) is 5.75 Å². The number of nitrogens with one attached hydrogen (secondary N) is 2. The summed E-state index contributed by atoms with van der Waals surface area (Å²) < 4.78 is 5.09. The largest absolute Gasteiger partial charge is 0.497 e. The van der Waals surface area contributed by atoms with E-state index in [1.165, 1.54) is 6.20 Å². The van der Waals surface area contributed by atoms with Gasteiger partial charge in [-0.25, -0.2) is 9.59 Å². The van der Waals surface area contributed by atoms with Crippen molar-refractivity contribution in [2.24, 2.45) is 5.92 Å². The Bertz CT molecular complexity index is 526. The van der Waals surface area contributed by atoms with Crippen molar-refractivity contribution in [1.82, 2.24) is 10.6 Å². The second-order valence-electron chi connectivity index (χ2n) is 4.79. The molecule has 0 aromatic heterocycles. The third-order valence-corrected chi connectivity index (χ3v) is 2.80. The van der Waals surface area contributed by atoms with Gasteiger partial charge in [0.2, 0.25) is 0 Å². The minimum Gasteiger partial charge on any atom is -0.497 e. The van der Waals surface area contributed by atoms with E-state index in [4.69, 9.17) is 9.84 Å². The Kier molecular flexibility index (Phi) is 6.26. The lowest BCUT2D eigenvalue weighted by molar-refractivity contribution is -0.140. The van der Waals surface area contributed by atoms with E-state index in [9.17, 15) is 9.59 Å². The van der Waals surface area contributed by atoms with Crippen LogP contribution in [0.5, 0.6) is 5.75 Å². The predicted molar refractivity (Wildman–Crippen MR) is 80.0 cm³/mol. The number of carbonyl (C=O) groups excluding carboxylic acids is 1. The van der Waals surface area contributed by atoms with E-state index in [0.717, 1.165) is 5.56 Å². The maximum atomic E-state index is 11.6. The van der Waals surface area contributed by atoms with Crippen molar-refractivity contribution in [3.05, 3.63) is 36.0 Å². The van der Waals surface area contributed by atoms with Gasteiger partial charge in [0.25, 0.3) is 0 Å². The first-order valence-electron chi connectivity index (χ1n) is 6.54. The fourth-order valence-corrected chi connectivity index (χ4v) is 1.66. The summed E-state index contributed by atoms with van der Waals surface area (Å²) in [6.45, 7) is 3.45. The second kappa shape index (κ2) is 7.94. The van der Waals surface area contributed by atoms with Gasteiger partial charge in [-0.1, -0.05) is 26.0 Å². The SMILES string of the molecule is COc1cccc(/C=C/NC(=O)NC(C(=O)O)C(C)C)c1. The molecule has 0 radical (unpaired) electrons. The van der Waals surface area contributed by atoms with E-state index in [0.29, 0.717) is 5.75 Å². The van der Waals surface area contributed by atoms with Gasteiger partial charge in [0.1, 0.15) is 11.8 Å². The van der Waals surface area contributed by atoms with Crippen LogP contribution in [-0.2, 0) is 4.79 Å². The molecule has 0 heterocycles. The zero-order chi connectivity index (χ0) is 15.8. The number of methoxy groups -OCH3 is 1. The monoisotopic (exact) mass is 292 g/mol. The molecule has 0 saturated heterocycles.